The van der Waals surface area contributed by atoms with Gasteiger partial charge in [-0.15, -0.1) is 0 Å². The lowest BCUT2D eigenvalue weighted by Gasteiger charge is -2.34. The fraction of sp³-hybridized carbons (Fsp3) is 0.750. The number of amides is 1. The molecule has 0 aliphatic heterocycles. The smallest absolute Gasteiger partial charge is 0.257 e. The van der Waals surface area contributed by atoms with Gasteiger partial charge in [-0.25, -0.2) is 0 Å². The molecule has 1 heterocycles. The summed E-state index contributed by atoms with van der Waals surface area (Å²) in [5.74, 6) is 0.139. The second-order valence-electron chi connectivity index (χ2n) is 5.95. The Kier molecular flexibility index (Phi) is 5.79. The highest BCUT2D eigenvalue weighted by Crippen LogP contribution is 2.25. The van der Waals surface area contributed by atoms with Gasteiger partial charge < -0.3 is 10.6 Å². The van der Waals surface area contributed by atoms with E-state index in [0.717, 1.165) is 43.5 Å². The molecule has 0 unspecified atom stereocenters. The number of nitrogens with zero attached hydrogens (tertiary/aromatic N) is 3. The zero-order chi connectivity index (χ0) is 15.2. The van der Waals surface area contributed by atoms with E-state index in [1.807, 2.05) is 20.2 Å². The molecule has 2 N–H and O–H groups in total. The molecule has 1 aromatic rings. The first-order valence-corrected chi connectivity index (χ1v) is 8.21. The van der Waals surface area contributed by atoms with E-state index >= 15 is 0 Å². The predicted octanol–water partition coefficient (Wildman–Crippen LogP) is 2.11. The van der Waals surface area contributed by atoms with Gasteiger partial charge in [0.1, 0.15) is 0 Å². The van der Waals surface area contributed by atoms with Crippen molar-refractivity contribution in [2.45, 2.75) is 57.9 Å². The number of rotatable bonds is 6. The molecule has 0 aromatic carbocycles. The molecule has 0 radical (unpaired) electrons. The van der Waals surface area contributed by atoms with Crippen LogP contribution in [0.25, 0.3) is 0 Å². The average Bonchev–Trinajstić information content (AvgIpc) is 2.89. The molecule has 2 rings (SSSR count). The minimum Gasteiger partial charge on any atom is -0.336 e. The number of hydrogen-bond donors (Lipinski definition) is 1. The van der Waals surface area contributed by atoms with Crippen LogP contribution in [0.1, 0.15) is 61.5 Å². The van der Waals surface area contributed by atoms with Crippen LogP contribution in [0.15, 0.2) is 6.20 Å². The van der Waals surface area contributed by atoms with Gasteiger partial charge >= 0.3 is 0 Å². The van der Waals surface area contributed by atoms with E-state index in [1.54, 1.807) is 4.68 Å². The minimum atomic E-state index is 0.139. The van der Waals surface area contributed by atoms with Crippen molar-refractivity contribution in [1.29, 1.82) is 0 Å². The molecule has 0 saturated heterocycles. The normalized spacial score (nSPS) is 16.1. The average molecular weight is 292 g/mol. The SMILES string of the molecule is CCc1nn(C)cc1C(=O)N(CCCN)C1CCCCC1. The Morgan fingerprint density at radius 2 is 2.14 bits per heavy atom. The van der Waals surface area contributed by atoms with Crippen LogP contribution in [0.2, 0.25) is 0 Å². The molecule has 21 heavy (non-hydrogen) atoms. The van der Waals surface area contributed by atoms with Crippen molar-refractivity contribution in [3.8, 4) is 0 Å². The third-order valence-corrected chi connectivity index (χ3v) is 4.35. The summed E-state index contributed by atoms with van der Waals surface area (Å²) in [5, 5.41) is 4.40. The number of aromatic nitrogens is 2. The Hall–Kier alpha value is -1.36. The first-order valence-electron chi connectivity index (χ1n) is 8.21. The van der Waals surface area contributed by atoms with E-state index in [2.05, 4.69) is 10.00 Å². The molecule has 0 spiro atoms. The van der Waals surface area contributed by atoms with Crippen LogP contribution in [0.5, 0.6) is 0 Å². The van der Waals surface area contributed by atoms with Gasteiger partial charge in [-0.2, -0.15) is 5.10 Å². The number of carbonyl (C=O) groups excluding carboxylic acids is 1. The van der Waals surface area contributed by atoms with Crippen molar-refractivity contribution in [3.05, 3.63) is 17.5 Å². The van der Waals surface area contributed by atoms with E-state index in [4.69, 9.17) is 5.73 Å². The molecular weight excluding hydrogens is 264 g/mol. The highest BCUT2D eigenvalue weighted by Gasteiger charge is 2.28. The van der Waals surface area contributed by atoms with Gasteiger partial charge in [0.15, 0.2) is 0 Å². The zero-order valence-electron chi connectivity index (χ0n) is 13.3. The molecule has 1 fully saturated rings. The highest BCUT2D eigenvalue weighted by atomic mass is 16.2. The van der Waals surface area contributed by atoms with Gasteiger partial charge in [-0.3, -0.25) is 9.48 Å². The summed E-state index contributed by atoms with van der Waals surface area (Å²) in [7, 11) is 1.88. The summed E-state index contributed by atoms with van der Waals surface area (Å²) < 4.78 is 1.74. The summed E-state index contributed by atoms with van der Waals surface area (Å²) in [6.45, 7) is 3.44. The molecule has 1 saturated carbocycles. The fourth-order valence-electron chi connectivity index (χ4n) is 3.23. The number of aryl methyl sites for hydroxylation is 2. The molecule has 5 nitrogen and oxygen atoms in total. The van der Waals surface area contributed by atoms with Gasteiger partial charge in [0.2, 0.25) is 0 Å². The van der Waals surface area contributed by atoms with Crippen LogP contribution in [0, 0.1) is 0 Å². The van der Waals surface area contributed by atoms with Crippen LogP contribution < -0.4 is 5.73 Å². The van der Waals surface area contributed by atoms with Crippen molar-refractivity contribution in [3.63, 3.8) is 0 Å². The molecule has 1 amide bonds. The van der Waals surface area contributed by atoms with Crippen LogP contribution in [0.4, 0.5) is 0 Å². The molecule has 1 aliphatic rings. The number of carbonyl (C=O) groups is 1. The summed E-state index contributed by atoms with van der Waals surface area (Å²) in [6.07, 6.45) is 9.51. The second-order valence-corrected chi connectivity index (χ2v) is 5.95. The highest BCUT2D eigenvalue weighted by molar-refractivity contribution is 5.95. The van der Waals surface area contributed by atoms with Crippen LogP contribution in [-0.4, -0.2) is 39.7 Å². The van der Waals surface area contributed by atoms with E-state index < -0.39 is 0 Å². The van der Waals surface area contributed by atoms with Gasteiger partial charge in [-0.1, -0.05) is 26.2 Å². The van der Waals surface area contributed by atoms with E-state index in [1.165, 1.54) is 19.3 Å². The number of nitrogens with two attached hydrogens (primary N) is 1. The Morgan fingerprint density at radius 1 is 1.43 bits per heavy atom. The molecule has 1 aliphatic carbocycles. The predicted molar refractivity (Wildman–Crippen MR) is 84.2 cm³/mol. The zero-order valence-corrected chi connectivity index (χ0v) is 13.3. The molecule has 118 valence electrons. The second kappa shape index (κ2) is 7.59. The largest absolute Gasteiger partial charge is 0.336 e. The maximum absolute atomic E-state index is 13.0. The Bertz CT molecular complexity index is 463. The van der Waals surface area contributed by atoms with E-state index in [-0.39, 0.29) is 5.91 Å². The lowest BCUT2D eigenvalue weighted by atomic mass is 9.93. The minimum absolute atomic E-state index is 0.139. The quantitative estimate of drug-likeness (QED) is 0.873. The summed E-state index contributed by atoms with van der Waals surface area (Å²) in [5.41, 5.74) is 7.32. The van der Waals surface area contributed by atoms with Gasteiger partial charge in [0.25, 0.3) is 5.91 Å². The standard InChI is InChI=1S/C16H28N4O/c1-3-15-14(12-19(2)18-15)16(21)20(11-7-10-17)13-8-5-4-6-9-13/h12-13H,3-11,17H2,1-2H3. The van der Waals surface area contributed by atoms with Gasteiger partial charge in [-0.05, 0) is 32.2 Å². The van der Waals surface area contributed by atoms with E-state index in [9.17, 15) is 4.79 Å². The summed E-state index contributed by atoms with van der Waals surface area (Å²) >= 11 is 0. The van der Waals surface area contributed by atoms with Crippen molar-refractivity contribution < 1.29 is 4.79 Å². The van der Waals surface area contributed by atoms with Crippen molar-refractivity contribution in [2.24, 2.45) is 12.8 Å². The van der Waals surface area contributed by atoms with Crippen LogP contribution in [-0.2, 0) is 13.5 Å². The maximum Gasteiger partial charge on any atom is 0.257 e. The van der Waals surface area contributed by atoms with E-state index in [0.29, 0.717) is 12.6 Å². The Balaban J connectivity index is 2.19. The van der Waals surface area contributed by atoms with Crippen molar-refractivity contribution >= 4 is 5.91 Å². The van der Waals surface area contributed by atoms with Crippen LogP contribution >= 0.6 is 0 Å². The molecule has 0 atom stereocenters. The van der Waals surface area contributed by atoms with Crippen molar-refractivity contribution in [1.82, 2.24) is 14.7 Å². The Morgan fingerprint density at radius 3 is 2.76 bits per heavy atom. The topological polar surface area (TPSA) is 64.2 Å². The fourth-order valence-corrected chi connectivity index (χ4v) is 3.23. The van der Waals surface area contributed by atoms with Gasteiger partial charge in [0.05, 0.1) is 11.3 Å². The van der Waals surface area contributed by atoms with Crippen molar-refractivity contribution in [2.75, 3.05) is 13.1 Å². The first kappa shape index (κ1) is 16.0. The third-order valence-electron chi connectivity index (χ3n) is 4.35. The first-order chi connectivity index (χ1) is 10.2. The molecule has 0 bridgehead atoms. The monoisotopic (exact) mass is 292 g/mol. The van der Waals surface area contributed by atoms with Gasteiger partial charge in [0, 0.05) is 25.8 Å². The molecular formula is C16H28N4O. The summed E-state index contributed by atoms with van der Waals surface area (Å²) in [4.78, 5) is 15.0. The molecule has 1 aromatic heterocycles. The van der Waals surface area contributed by atoms with Crippen LogP contribution in [0.3, 0.4) is 0 Å². The maximum atomic E-state index is 13.0. The molecule has 5 heteroatoms. The lowest BCUT2D eigenvalue weighted by Crippen LogP contribution is -2.42. The Labute approximate surface area is 127 Å². The third kappa shape index (κ3) is 3.84. The number of hydrogen-bond acceptors (Lipinski definition) is 3. The lowest BCUT2D eigenvalue weighted by molar-refractivity contribution is 0.0631. The summed E-state index contributed by atoms with van der Waals surface area (Å²) in [6, 6.07) is 0.378.